The summed E-state index contributed by atoms with van der Waals surface area (Å²) in [5, 5.41) is 5.18. The average Bonchev–Trinajstić information content (AvgIpc) is 3.00. The van der Waals surface area contributed by atoms with E-state index in [9.17, 15) is 4.79 Å². The summed E-state index contributed by atoms with van der Waals surface area (Å²) < 4.78 is 7.70. The maximum atomic E-state index is 12.5. The molecule has 0 spiro atoms. The maximum absolute atomic E-state index is 12.5. The van der Waals surface area contributed by atoms with Gasteiger partial charge in [0.05, 0.1) is 24.8 Å². The van der Waals surface area contributed by atoms with Crippen molar-refractivity contribution in [3.05, 3.63) is 46.7 Å². The van der Waals surface area contributed by atoms with Crippen LogP contribution < -0.4 is 4.74 Å². The van der Waals surface area contributed by atoms with Gasteiger partial charge >= 0.3 is 0 Å². The summed E-state index contributed by atoms with van der Waals surface area (Å²) in [7, 11) is 0. The van der Waals surface area contributed by atoms with Crippen molar-refractivity contribution in [2.45, 2.75) is 45.7 Å². The molecule has 0 N–H and O–H groups in total. The molecule has 5 nitrogen and oxygen atoms in total. The van der Waals surface area contributed by atoms with E-state index in [0.29, 0.717) is 24.6 Å². The van der Waals surface area contributed by atoms with Gasteiger partial charge in [0.15, 0.2) is 0 Å². The number of hydrogen-bond donors (Lipinski definition) is 0. The normalized spacial score (nSPS) is 14.3. The Morgan fingerprint density at radius 3 is 2.68 bits per heavy atom. The van der Waals surface area contributed by atoms with Gasteiger partial charge in [-0.15, -0.1) is 0 Å². The molecule has 1 aromatic heterocycles. The highest BCUT2D eigenvalue weighted by atomic mass is 35.5. The zero-order valence-corrected chi connectivity index (χ0v) is 15.7. The number of carbonyl (C=O) groups excluding carboxylic acids is 1. The molecule has 6 heteroatoms. The van der Waals surface area contributed by atoms with Gasteiger partial charge in [0.1, 0.15) is 5.75 Å². The van der Waals surface area contributed by atoms with Crippen molar-refractivity contribution in [1.82, 2.24) is 14.7 Å². The first-order chi connectivity index (χ1) is 11.8. The molecule has 0 aliphatic carbocycles. The fourth-order valence-electron chi connectivity index (χ4n) is 3.07. The predicted molar refractivity (Wildman–Crippen MR) is 97.9 cm³/mol. The summed E-state index contributed by atoms with van der Waals surface area (Å²) in [6.07, 6.45) is 3.10. The highest BCUT2D eigenvalue weighted by molar-refractivity contribution is 6.30. The minimum absolute atomic E-state index is 0.0355. The Hall–Kier alpha value is -2.01. The number of ether oxygens (including phenoxy) is 1. The van der Waals surface area contributed by atoms with E-state index in [4.69, 9.17) is 16.3 Å². The molecule has 2 aromatic rings. The number of hydrogen-bond acceptors (Lipinski definition) is 3. The third-order valence-electron chi connectivity index (χ3n) is 4.32. The van der Waals surface area contributed by atoms with Crippen LogP contribution in [0.2, 0.25) is 5.02 Å². The van der Waals surface area contributed by atoms with Gasteiger partial charge in [-0.25, -0.2) is 0 Å². The molecule has 134 valence electrons. The van der Waals surface area contributed by atoms with Crippen LogP contribution in [0.1, 0.15) is 38.4 Å². The van der Waals surface area contributed by atoms with Gasteiger partial charge in [0.25, 0.3) is 0 Å². The van der Waals surface area contributed by atoms with Crippen LogP contribution in [0.5, 0.6) is 5.75 Å². The summed E-state index contributed by atoms with van der Waals surface area (Å²) >= 11 is 5.85. The average molecular weight is 362 g/mol. The summed E-state index contributed by atoms with van der Waals surface area (Å²) in [6, 6.07) is 7.16. The number of nitrogens with zero attached hydrogens (tertiary/aromatic N) is 3. The fraction of sp³-hybridized carbons (Fsp3) is 0.474. The molecule has 25 heavy (non-hydrogen) atoms. The molecule has 2 heterocycles. The smallest absolute Gasteiger partial charge is 0.226 e. The van der Waals surface area contributed by atoms with E-state index in [2.05, 4.69) is 30.6 Å². The molecule has 0 bridgehead atoms. The molecule has 1 amide bonds. The molecule has 3 rings (SSSR count). The molecule has 1 aromatic carbocycles. The van der Waals surface area contributed by atoms with E-state index in [1.807, 2.05) is 11.1 Å². The van der Waals surface area contributed by atoms with Crippen LogP contribution in [0, 0.1) is 0 Å². The lowest BCUT2D eigenvalue weighted by Crippen LogP contribution is -2.38. The Bertz CT molecular complexity index is 747. The van der Waals surface area contributed by atoms with Gasteiger partial charge in [-0.1, -0.05) is 11.6 Å². The molecule has 0 unspecified atom stereocenters. The molecular weight excluding hydrogens is 338 g/mol. The summed E-state index contributed by atoms with van der Waals surface area (Å²) in [6.45, 7) is 8.16. The SMILES string of the molecule is CC(C)(C)n1ncc2c1CCN(C(=O)CCOc1ccc(Cl)cc1)C2. The Morgan fingerprint density at radius 2 is 2.00 bits per heavy atom. The van der Waals surface area contributed by atoms with Gasteiger partial charge in [-0.05, 0) is 45.0 Å². The molecule has 1 aliphatic rings. The molecule has 0 saturated heterocycles. The van der Waals surface area contributed by atoms with Crippen LogP contribution in [0.25, 0.3) is 0 Å². The van der Waals surface area contributed by atoms with Crippen molar-refractivity contribution in [2.75, 3.05) is 13.2 Å². The molecular formula is C19H24ClN3O2. The maximum Gasteiger partial charge on any atom is 0.226 e. The second-order valence-electron chi connectivity index (χ2n) is 7.32. The zero-order valence-electron chi connectivity index (χ0n) is 15.0. The van der Waals surface area contributed by atoms with Crippen LogP contribution in [-0.2, 0) is 23.3 Å². The van der Waals surface area contributed by atoms with Crippen molar-refractivity contribution in [1.29, 1.82) is 0 Å². The first-order valence-corrected chi connectivity index (χ1v) is 8.95. The largest absolute Gasteiger partial charge is 0.493 e. The molecule has 0 saturated carbocycles. The third kappa shape index (κ3) is 4.15. The van der Waals surface area contributed by atoms with E-state index >= 15 is 0 Å². The minimum Gasteiger partial charge on any atom is -0.493 e. The highest BCUT2D eigenvalue weighted by Gasteiger charge is 2.27. The van der Waals surface area contributed by atoms with Crippen LogP contribution in [0.4, 0.5) is 0 Å². The standard InChI is InChI=1S/C19H24ClN3O2/c1-19(2,3)23-17-8-10-22(13-14(17)12-21-23)18(24)9-11-25-16-6-4-15(20)5-7-16/h4-7,12H,8-11,13H2,1-3H3. The monoisotopic (exact) mass is 361 g/mol. The van der Waals surface area contributed by atoms with Crippen LogP contribution >= 0.6 is 11.6 Å². The van der Waals surface area contributed by atoms with Gasteiger partial charge < -0.3 is 9.64 Å². The van der Waals surface area contributed by atoms with Crippen LogP contribution in [0.15, 0.2) is 30.5 Å². The van der Waals surface area contributed by atoms with E-state index in [1.165, 1.54) is 5.69 Å². The zero-order chi connectivity index (χ0) is 18.0. The topological polar surface area (TPSA) is 47.4 Å². The van der Waals surface area contributed by atoms with E-state index in [-0.39, 0.29) is 11.4 Å². The minimum atomic E-state index is -0.0355. The number of amides is 1. The lowest BCUT2D eigenvalue weighted by Gasteiger charge is -2.30. The van der Waals surface area contributed by atoms with E-state index < -0.39 is 0 Å². The van der Waals surface area contributed by atoms with E-state index in [1.54, 1.807) is 24.3 Å². The Morgan fingerprint density at radius 1 is 1.28 bits per heavy atom. The summed E-state index contributed by atoms with van der Waals surface area (Å²) in [4.78, 5) is 14.3. The Balaban J connectivity index is 1.54. The Kier molecular flexibility index (Phi) is 5.04. The second-order valence-corrected chi connectivity index (χ2v) is 7.75. The predicted octanol–water partition coefficient (Wildman–Crippen LogP) is 3.65. The van der Waals surface area contributed by atoms with Crippen LogP contribution in [0.3, 0.4) is 0 Å². The Labute approximate surface area is 153 Å². The van der Waals surface area contributed by atoms with Crippen molar-refractivity contribution in [3.63, 3.8) is 0 Å². The fourth-order valence-corrected chi connectivity index (χ4v) is 3.19. The number of fused-ring (bicyclic) bond motifs is 1. The van der Waals surface area contributed by atoms with Crippen molar-refractivity contribution in [2.24, 2.45) is 0 Å². The van der Waals surface area contributed by atoms with Gasteiger partial charge in [-0.2, -0.15) is 5.10 Å². The number of halogens is 1. The number of carbonyl (C=O) groups is 1. The highest BCUT2D eigenvalue weighted by Crippen LogP contribution is 2.24. The molecule has 1 aliphatic heterocycles. The van der Waals surface area contributed by atoms with E-state index in [0.717, 1.165) is 24.3 Å². The molecule has 0 atom stereocenters. The van der Waals surface area contributed by atoms with Gasteiger partial charge in [0.2, 0.25) is 5.91 Å². The summed E-state index contributed by atoms with van der Waals surface area (Å²) in [5.74, 6) is 0.840. The lowest BCUT2D eigenvalue weighted by atomic mass is 10.0. The van der Waals surface area contributed by atoms with Crippen molar-refractivity contribution in [3.8, 4) is 5.75 Å². The van der Waals surface area contributed by atoms with Gasteiger partial charge in [-0.3, -0.25) is 9.48 Å². The van der Waals surface area contributed by atoms with Crippen molar-refractivity contribution >= 4 is 17.5 Å². The number of aromatic nitrogens is 2. The number of benzene rings is 1. The molecule has 0 fully saturated rings. The molecule has 0 radical (unpaired) electrons. The third-order valence-corrected chi connectivity index (χ3v) is 4.57. The first kappa shape index (κ1) is 17.8. The lowest BCUT2D eigenvalue weighted by molar-refractivity contribution is -0.132. The summed E-state index contributed by atoms with van der Waals surface area (Å²) in [5.41, 5.74) is 2.36. The first-order valence-electron chi connectivity index (χ1n) is 8.57. The van der Waals surface area contributed by atoms with Gasteiger partial charge in [0, 0.05) is 35.8 Å². The second kappa shape index (κ2) is 7.08. The number of rotatable bonds is 4. The van der Waals surface area contributed by atoms with Crippen LogP contribution in [-0.4, -0.2) is 33.7 Å². The van der Waals surface area contributed by atoms with Crippen molar-refractivity contribution < 1.29 is 9.53 Å². The quantitative estimate of drug-likeness (QED) is 0.835.